The van der Waals surface area contributed by atoms with E-state index in [0.29, 0.717) is 0 Å². The van der Waals surface area contributed by atoms with Crippen molar-refractivity contribution < 1.29 is 32.4 Å². The van der Waals surface area contributed by atoms with Crippen LogP contribution in [0.15, 0.2) is 0 Å². The zero-order chi connectivity index (χ0) is 8.08. The van der Waals surface area contributed by atoms with Gasteiger partial charge in [0.15, 0.2) is 0 Å². The van der Waals surface area contributed by atoms with Gasteiger partial charge in [-0.25, -0.2) is 4.57 Å². The van der Waals surface area contributed by atoms with Crippen LogP contribution in [-0.2, 0) is 4.57 Å². The molecule has 0 unspecified atom stereocenters. The van der Waals surface area contributed by atoms with Crippen LogP contribution in [0.1, 0.15) is 0 Å². The molecule has 4 nitrogen and oxygen atoms in total. The fraction of sp³-hybridized carbons (Fsp3) is 1.00. The van der Waals surface area contributed by atoms with Gasteiger partial charge in [-0.05, 0) is 0 Å². The summed E-state index contributed by atoms with van der Waals surface area (Å²) in [6.07, 6.45) is 0. The van der Waals surface area contributed by atoms with Crippen molar-refractivity contribution in [3.05, 3.63) is 0 Å². The second-order valence-corrected chi connectivity index (χ2v) is 1.79. The molecule has 0 saturated heterocycles. The quantitative estimate of drug-likeness (QED) is 0.346. The fourth-order valence-corrected chi connectivity index (χ4v) is 0. The van der Waals surface area contributed by atoms with Gasteiger partial charge in [-0.15, -0.1) is 0 Å². The summed E-state index contributed by atoms with van der Waals surface area (Å²) in [5, 5.41) is 0. The van der Waals surface area contributed by atoms with Crippen LogP contribution < -0.4 is 0 Å². The molecule has 9 heteroatoms. The number of rotatable bonds is 0. The van der Waals surface area contributed by atoms with Gasteiger partial charge in [-0.1, -0.05) is 0 Å². The summed E-state index contributed by atoms with van der Waals surface area (Å²) < 4.78 is 37.9. The minimum absolute atomic E-state index is 0. The summed E-state index contributed by atoms with van der Waals surface area (Å²) in [6, 6.07) is 0. The molecule has 0 bridgehead atoms. The monoisotopic (exact) mass is 176 g/mol. The van der Waals surface area contributed by atoms with Gasteiger partial charge in [0.05, 0.1) is 0 Å². The van der Waals surface area contributed by atoms with Crippen molar-refractivity contribution in [1.29, 1.82) is 0 Å². The van der Waals surface area contributed by atoms with Gasteiger partial charge in [0.2, 0.25) is 0 Å². The van der Waals surface area contributed by atoms with Gasteiger partial charge in [0, 0.05) is 0 Å². The molecule has 0 aromatic rings. The van der Waals surface area contributed by atoms with E-state index in [1.807, 2.05) is 0 Å². The molecule has 0 aromatic carbocycles. The molecule has 10 heavy (non-hydrogen) atoms. The van der Waals surface area contributed by atoms with Crippen LogP contribution in [0.4, 0.5) is 13.2 Å². The Kier molecular flexibility index (Phi) is 12.8. The van der Waals surface area contributed by atoms with Crippen molar-refractivity contribution in [3.63, 3.8) is 0 Å². The molecular formula is CH5F3LiO4P. The average Bonchev–Trinajstić information content (AvgIpc) is 1.19. The molecule has 0 aromatic heterocycles. The number of hydrogen-bond donors (Lipinski definition) is 3. The van der Waals surface area contributed by atoms with Crippen LogP contribution in [0.3, 0.4) is 0 Å². The van der Waals surface area contributed by atoms with Gasteiger partial charge in [0.1, 0.15) is 0 Å². The van der Waals surface area contributed by atoms with Gasteiger partial charge in [-0.3, -0.25) is 0 Å². The summed E-state index contributed by atoms with van der Waals surface area (Å²) in [6.45, 7) is -3.67. The van der Waals surface area contributed by atoms with E-state index in [1.165, 1.54) is 0 Å². The van der Waals surface area contributed by atoms with E-state index in [-0.39, 0.29) is 18.9 Å². The Hall–Kier alpha value is 0.497. The molecule has 0 atom stereocenters. The number of phosphoric acid groups is 1. The van der Waals surface area contributed by atoms with Crippen LogP contribution in [0.5, 0.6) is 0 Å². The Morgan fingerprint density at radius 3 is 1.10 bits per heavy atom. The number of hydrogen-bond acceptors (Lipinski definition) is 1. The molecular weight excluding hydrogens is 171 g/mol. The van der Waals surface area contributed by atoms with E-state index >= 15 is 0 Å². The third-order valence-electron chi connectivity index (χ3n) is 0. The minimum atomic E-state index is -4.64. The number of alkyl halides is 3. The second kappa shape index (κ2) is 7.60. The maximum absolute atomic E-state index is 9.67. The Morgan fingerprint density at radius 2 is 1.10 bits per heavy atom. The van der Waals surface area contributed by atoms with Crippen molar-refractivity contribution in [2.45, 2.75) is 6.68 Å². The molecule has 0 saturated carbocycles. The zero-order valence-corrected chi connectivity index (χ0v) is 4.80. The Balaban J connectivity index is -0.0000000910. The first kappa shape index (κ1) is 16.8. The zero-order valence-electron chi connectivity index (χ0n) is 3.91. The average molecular weight is 176 g/mol. The molecule has 3 N–H and O–H groups in total. The molecule has 0 aliphatic heterocycles. The van der Waals surface area contributed by atoms with E-state index in [2.05, 4.69) is 0 Å². The first-order valence-corrected chi connectivity index (χ1v) is 3.00. The molecule has 0 aliphatic rings. The fourth-order valence-electron chi connectivity index (χ4n) is 0. The summed E-state index contributed by atoms with van der Waals surface area (Å²) in [4.78, 5) is 21.6. The Bertz CT molecular complexity index is 91.7. The van der Waals surface area contributed by atoms with Crippen LogP contribution in [0.25, 0.3) is 0 Å². The van der Waals surface area contributed by atoms with Crippen molar-refractivity contribution in [2.75, 3.05) is 0 Å². The van der Waals surface area contributed by atoms with E-state index in [0.717, 1.165) is 0 Å². The van der Waals surface area contributed by atoms with Crippen molar-refractivity contribution in [1.82, 2.24) is 0 Å². The molecule has 0 rings (SSSR count). The first-order valence-electron chi connectivity index (χ1n) is 1.44. The van der Waals surface area contributed by atoms with E-state index in [4.69, 9.17) is 19.2 Å². The standard InChI is InChI=1S/CHF3.Li.H3O4P.H/c2-1(3)4;;1-5(2,3)4;/h1H;;(H3,1,2,3,4);. The van der Waals surface area contributed by atoms with E-state index in [9.17, 15) is 13.2 Å². The summed E-state index contributed by atoms with van der Waals surface area (Å²) >= 11 is 0. The topological polar surface area (TPSA) is 77.8 Å². The van der Waals surface area contributed by atoms with Gasteiger partial charge >= 0.3 is 33.4 Å². The summed E-state index contributed by atoms with van der Waals surface area (Å²) in [5.41, 5.74) is 0. The van der Waals surface area contributed by atoms with Gasteiger partial charge in [0.25, 0.3) is 0 Å². The predicted molar refractivity (Wildman–Crippen MR) is 28.5 cm³/mol. The number of halogens is 3. The van der Waals surface area contributed by atoms with Crippen LogP contribution in [0, 0.1) is 0 Å². The third-order valence-corrected chi connectivity index (χ3v) is 0. The van der Waals surface area contributed by atoms with Crippen molar-refractivity contribution >= 4 is 26.7 Å². The van der Waals surface area contributed by atoms with Crippen LogP contribution in [-0.4, -0.2) is 40.2 Å². The molecule has 0 radical (unpaired) electrons. The van der Waals surface area contributed by atoms with Crippen LogP contribution in [0.2, 0.25) is 0 Å². The Labute approximate surface area is 66.5 Å². The van der Waals surface area contributed by atoms with Gasteiger partial charge in [-0.2, -0.15) is 13.2 Å². The van der Waals surface area contributed by atoms with E-state index < -0.39 is 14.5 Å². The molecule has 0 heterocycles. The van der Waals surface area contributed by atoms with E-state index in [1.54, 1.807) is 0 Å². The third kappa shape index (κ3) is 1930. The maximum atomic E-state index is 9.67. The second-order valence-electron chi connectivity index (χ2n) is 0.761. The van der Waals surface area contributed by atoms with Crippen LogP contribution >= 0.6 is 7.82 Å². The molecule has 0 amide bonds. The Morgan fingerprint density at radius 1 is 1.10 bits per heavy atom. The molecule has 60 valence electrons. The van der Waals surface area contributed by atoms with Crippen molar-refractivity contribution in [3.8, 4) is 0 Å². The summed E-state index contributed by atoms with van der Waals surface area (Å²) in [5.74, 6) is 0. The first-order chi connectivity index (χ1) is 3.73. The van der Waals surface area contributed by atoms with Gasteiger partial charge < -0.3 is 14.7 Å². The molecule has 0 spiro atoms. The molecule has 0 fully saturated rings. The predicted octanol–water partition coefficient (Wildman–Crippen LogP) is -0.399. The van der Waals surface area contributed by atoms with Crippen molar-refractivity contribution in [2.24, 2.45) is 0 Å². The normalized spacial score (nSPS) is 9.50. The molecule has 0 aliphatic carbocycles. The SMILES string of the molecule is FC(F)F.O=P(O)(O)O.[LiH]. The summed E-state index contributed by atoms with van der Waals surface area (Å²) in [7, 11) is -4.64.